The van der Waals surface area contributed by atoms with E-state index in [0.29, 0.717) is 17.9 Å². The molecule has 4 heteroatoms. The lowest BCUT2D eigenvalue weighted by atomic mass is 10.0. The average molecular weight is 360 g/mol. The van der Waals surface area contributed by atoms with Crippen molar-refractivity contribution in [2.24, 2.45) is 5.73 Å². The fourth-order valence-electron chi connectivity index (χ4n) is 2.77. The highest BCUT2D eigenvalue weighted by Crippen LogP contribution is 2.22. The van der Waals surface area contributed by atoms with Crippen molar-refractivity contribution in [3.8, 4) is 11.5 Å². The second kappa shape index (κ2) is 9.55. The first kappa shape index (κ1) is 18.7. The Bertz CT molecular complexity index is 833. The summed E-state index contributed by atoms with van der Waals surface area (Å²) < 4.78 is 5.74. The van der Waals surface area contributed by atoms with Crippen molar-refractivity contribution in [3.05, 3.63) is 90.5 Å². The van der Waals surface area contributed by atoms with Gasteiger partial charge in [0, 0.05) is 5.69 Å². The molecule has 0 saturated heterocycles. The number of anilines is 1. The molecule has 0 spiro atoms. The van der Waals surface area contributed by atoms with Crippen LogP contribution in [-0.2, 0) is 11.2 Å². The van der Waals surface area contributed by atoms with Gasteiger partial charge in [-0.05, 0) is 61.2 Å². The minimum atomic E-state index is -0.519. The van der Waals surface area contributed by atoms with Gasteiger partial charge in [0.15, 0.2) is 0 Å². The van der Waals surface area contributed by atoms with Gasteiger partial charge in [-0.1, -0.05) is 48.5 Å². The lowest BCUT2D eigenvalue weighted by Crippen LogP contribution is -2.35. The standard InChI is InChI=1S/C23H24N2O2/c24-22(13-7-10-18-8-3-1-4-9-18)23(26)25-19-14-16-21(17-15-19)27-20-11-5-2-6-12-20/h1-6,8-9,11-12,14-17,22H,7,10,13,24H2,(H,25,26)/t22-/m0/s1. The number of carbonyl (C=O) groups is 1. The van der Waals surface area contributed by atoms with Gasteiger partial charge in [-0.15, -0.1) is 0 Å². The zero-order chi connectivity index (χ0) is 18.9. The van der Waals surface area contributed by atoms with Crippen LogP contribution in [0.4, 0.5) is 5.69 Å². The summed E-state index contributed by atoms with van der Waals surface area (Å²) in [4.78, 5) is 12.3. The first-order valence-electron chi connectivity index (χ1n) is 9.14. The van der Waals surface area contributed by atoms with Gasteiger partial charge in [0.05, 0.1) is 6.04 Å². The maximum atomic E-state index is 12.3. The van der Waals surface area contributed by atoms with Gasteiger partial charge in [0.25, 0.3) is 0 Å². The highest BCUT2D eigenvalue weighted by molar-refractivity contribution is 5.94. The molecule has 0 bridgehead atoms. The van der Waals surface area contributed by atoms with Gasteiger partial charge in [0.1, 0.15) is 11.5 Å². The minimum Gasteiger partial charge on any atom is -0.457 e. The van der Waals surface area contributed by atoms with E-state index in [-0.39, 0.29) is 5.91 Å². The smallest absolute Gasteiger partial charge is 0.241 e. The van der Waals surface area contributed by atoms with Gasteiger partial charge in [-0.2, -0.15) is 0 Å². The third-order valence-electron chi connectivity index (χ3n) is 4.26. The van der Waals surface area contributed by atoms with E-state index in [1.54, 1.807) is 0 Å². The van der Waals surface area contributed by atoms with E-state index in [4.69, 9.17) is 10.5 Å². The van der Waals surface area contributed by atoms with Crippen molar-refractivity contribution >= 4 is 11.6 Å². The molecule has 0 aliphatic rings. The first-order valence-corrected chi connectivity index (χ1v) is 9.14. The summed E-state index contributed by atoms with van der Waals surface area (Å²) in [5, 5.41) is 2.86. The molecule has 4 nitrogen and oxygen atoms in total. The molecular weight excluding hydrogens is 336 g/mol. The molecule has 0 aliphatic carbocycles. The van der Waals surface area contributed by atoms with Crippen LogP contribution in [0.15, 0.2) is 84.9 Å². The third-order valence-corrected chi connectivity index (χ3v) is 4.26. The Morgan fingerprint density at radius 2 is 1.44 bits per heavy atom. The van der Waals surface area contributed by atoms with Crippen molar-refractivity contribution in [2.75, 3.05) is 5.32 Å². The predicted molar refractivity (Wildman–Crippen MR) is 109 cm³/mol. The summed E-state index contributed by atoms with van der Waals surface area (Å²) in [7, 11) is 0. The fraction of sp³-hybridized carbons (Fsp3) is 0.174. The number of hydrogen-bond acceptors (Lipinski definition) is 3. The largest absolute Gasteiger partial charge is 0.457 e. The van der Waals surface area contributed by atoms with E-state index in [1.165, 1.54) is 5.56 Å². The Morgan fingerprint density at radius 1 is 0.852 bits per heavy atom. The highest BCUT2D eigenvalue weighted by atomic mass is 16.5. The van der Waals surface area contributed by atoms with Crippen LogP contribution in [-0.4, -0.2) is 11.9 Å². The molecule has 0 radical (unpaired) electrons. The molecule has 3 rings (SSSR count). The van der Waals surface area contributed by atoms with Crippen LogP contribution in [0.1, 0.15) is 18.4 Å². The number of carbonyl (C=O) groups excluding carboxylic acids is 1. The molecule has 0 heterocycles. The van der Waals surface area contributed by atoms with Crippen LogP contribution in [0.2, 0.25) is 0 Å². The lowest BCUT2D eigenvalue weighted by molar-refractivity contribution is -0.117. The van der Waals surface area contributed by atoms with Crippen molar-refractivity contribution < 1.29 is 9.53 Å². The van der Waals surface area contributed by atoms with Gasteiger partial charge >= 0.3 is 0 Å². The van der Waals surface area contributed by atoms with Crippen LogP contribution in [0.25, 0.3) is 0 Å². The molecule has 0 fully saturated rings. The number of aryl methyl sites for hydroxylation is 1. The third kappa shape index (κ3) is 5.97. The van der Waals surface area contributed by atoms with Crippen LogP contribution in [0.5, 0.6) is 11.5 Å². The van der Waals surface area contributed by atoms with E-state index in [0.717, 1.165) is 18.6 Å². The maximum Gasteiger partial charge on any atom is 0.241 e. The fourth-order valence-corrected chi connectivity index (χ4v) is 2.77. The Morgan fingerprint density at radius 3 is 2.11 bits per heavy atom. The van der Waals surface area contributed by atoms with Crippen LogP contribution >= 0.6 is 0 Å². The Labute approximate surface area is 160 Å². The number of benzene rings is 3. The molecule has 0 unspecified atom stereocenters. The monoisotopic (exact) mass is 360 g/mol. The van der Waals surface area contributed by atoms with Crippen molar-refractivity contribution in [1.29, 1.82) is 0 Å². The summed E-state index contributed by atoms with van der Waals surface area (Å²) in [5.41, 5.74) is 7.99. The maximum absolute atomic E-state index is 12.3. The number of para-hydroxylation sites is 1. The molecular formula is C23H24N2O2. The quantitative estimate of drug-likeness (QED) is 0.608. The zero-order valence-corrected chi connectivity index (χ0v) is 15.2. The van der Waals surface area contributed by atoms with Crippen LogP contribution in [0.3, 0.4) is 0 Å². The van der Waals surface area contributed by atoms with E-state index in [2.05, 4.69) is 17.4 Å². The van der Waals surface area contributed by atoms with Gasteiger partial charge in [-0.25, -0.2) is 0 Å². The van der Waals surface area contributed by atoms with Crippen molar-refractivity contribution in [2.45, 2.75) is 25.3 Å². The second-order valence-electron chi connectivity index (χ2n) is 6.41. The summed E-state index contributed by atoms with van der Waals surface area (Å²) >= 11 is 0. The number of nitrogens with one attached hydrogen (secondary N) is 1. The predicted octanol–water partition coefficient (Wildman–Crippen LogP) is 4.77. The average Bonchev–Trinajstić information content (AvgIpc) is 2.71. The van der Waals surface area contributed by atoms with Crippen molar-refractivity contribution in [1.82, 2.24) is 0 Å². The number of hydrogen-bond donors (Lipinski definition) is 2. The topological polar surface area (TPSA) is 64.4 Å². The molecule has 1 atom stereocenters. The number of rotatable bonds is 8. The van der Waals surface area contributed by atoms with Crippen molar-refractivity contribution in [3.63, 3.8) is 0 Å². The summed E-state index contributed by atoms with van der Waals surface area (Å²) in [6.07, 6.45) is 2.45. The number of nitrogens with two attached hydrogens (primary N) is 1. The molecule has 3 aromatic rings. The van der Waals surface area contributed by atoms with E-state index in [1.807, 2.05) is 72.8 Å². The van der Waals surface area contributed by atoms with Gasteiger partial charge in [0.2, 0.25) is 5.91 Å². The van der Waals surface area contributed by atoms with E-state index in [9.17, 15) is 4.79 Å². The minimum absolute atomic E-state index is 0.167. The molecule has 138 valence electrons. The lowest BCUT2D eigenvalue weighted by Gasteiger charge is -2.13. The first-order chi connectivity index (χ1) is 13.2. The Kier molecular flexibility index (Phi) is 6.61. The Balaban J connectivity index is 1.45. The Hall–Kier alpha value is -3.11. The molecule has 3 N–H and O–H groups in total. The van der Waals surface area contributed by atoms with Crippen LogP contribution in [0, 0.1) is 0 Å². The van der Waals surface area contributed by atoms with Gasteiger partial charge < -0.3 is 15.8 Å². The summed E-state index contributed by atoms with van der Waals surface area (Å²) in [6.45, 7) is 0. The normalized spacial score (nSPS) is 11.6. The van der Waals surface area contributed by atoms with Crippen LogP contribution < -0.4 is 15.8 Å². The molecule has 0 aliphatic heterocycles. The van der Waals surface area contributed by atoms with E-state index >= 15 is 0 Å². The molecule has 0 saturated carbocycles. The highest BCUT2D eigenvalue weighted by Gasteiger charge is 2.13. The zero-order valence-electron chi connectivity index (χ0n) is 15.2. The molecule has 1 amide bonds. The summed E-state index contributed by atoms with van der Waals surface area (Å²) in [5.74, 6) is 1.32. The van der Waals surface area contributed by atoms with E-state index < -0.39 is 6.04 Å². The number of amides is 1. The SMILES string of the molecule is N[C@@H](CCCc1ccccc1)C(=O)Nc1ccc(Oc2ccccc2)cc1. The molecule has 3 aromatic carbocycles. The molecule has 0 aromatic heterocycles. The molecule has 27 heavy (non-hydrogen) atoms. The van der Waals surface area contributed by atoms with Gasteiger partial charge in [-0.3, -0.25) is 4.79 Å². The number of ether oxygens (including phenoxy) is 1. The second-order valence-corrected chi connectivity index (χ2v) is 6.41. The summed E-state index contributed by atoms with van der Waals surface area (Å²) in [6, 6.07) is 26.5.